The van der Waals surface area contributed by atoms with Crippen molar-refractivity contribution in [2.45, 2.75) is 31.1 Å². The number of hydrogen-bond acceptors (Lipinski definition) is 7. The summed E-state index contributed by atoms with van der Waals surface area (Å²) >= 11 is 0. The SMILES string of the molecule is COc1cccc(S(=O)(=O)NCCOc2cc(N3CCCCC3)nc(C)n2)c1. The number of aromatic nitrogens is 2. The number of methoxy groups -OCH3 is 1. The first-order valence-electron chi connectivity index (χ1n) is 9.35. The molecule has 0 radical (unpaired) electrons. The van der Waals surface area contributed by atoms with Crippen LogP contribution in [0.1, 0.15) is 25.1 Å². The molecular formula is C19H26N4O4S. The van der Waals surface area contributed by atoms with Gasteiger partial charge in [0.2, 0.25) is 15.9 Å². The molecule has 2 heterocycles. The largest absolute Gasteiger partial charge is 0.497 e. The van der Waals surface area contributed by atoms with Crippen LogP contribution in [0.2, 0.25) is 0 Å². The van der Waals surface area contributed by atoms with Gasteiger partial charge < -0.3 is 14.4 Å². The summed E-state index contributed by atoms with van der Waals surface area (Å²) in [5.74, 6) is 2.43. The van der Waals surface area contributed by atoms with Crippen molar-refractivity contribution >= 4 is 15.8 Å². The van der Waals surface area contributed by atoms with E-state index in [4.69, 9.17) is 9.47 Å². The first-order chi connectivity index (χ1) is 13.5. The van der Waals surface area contributed by atoms with Crippen LogP contribution in [0.3, 0.4) is 0 Å². The Kier molecular flexibility index (Phi) is 6.69. The van der Waals surface area contributed by atoms with Crippen LogP contribution >= 0.6 is 0 Å². The lowest BCUT2D eigenvalue weighted by molar-refractivity contribution is 0.309. The van der Waals surface area contributed by atoms with E-state index in [2.05, 4.69) is 19.6 Å². The van der Waals surface area contributed by atoms with Crippen molar-refractivity contribution in [1.29, 1.82) is 0 Å². The Labute approximate surface area is 166 Å². The molecule has 152 valence electrons. The van der Waals surface area contributed by atoms with E-state index >= 15 is 0 Å². The van der Waals surface area contributed by atoms with E-state index in [1.54, 1.807) is 12.1 Å². The number of benzene rings is 1. The average molecular weight is 407 g/mol. The summed E-state index contributed by atoms with van der Waals surface area (Å²) < 4.78 is 38.0. The van der Waals surface area contributed by atoms with Crippen LogP contribution in [0.25, 0.3) is 0 Å². The van der Waals surface area contributed by atoms with Gasteiger partial charge in [0.15, 0.2) is 0 Å². The summed E-state index contributed by atoms with van der Waals surface area (Å²) in [6, 6.07) is 8.14. The maximum Gasteiger partial charge on any atom is 0.240 e. The molecule has 0 saturated carbocycles. The predicted molar refractivity (Wildman–Crippen MR) is 107 cm³/mol. The van der Waals surface area contributed by atoms with Gasteiger partial charge in [0.05, 0.1) is 12.0 Å². The van der Waals surface area contributed by atoms with E-state index in [1.165, 1.54) is 25.7 Å². The number of ether oxygens (including phenoxy) is 2. The fourth-order valence-corrected chi connectivity index (χ4v) is 4.12. The fraction of sp³-hybridized carbons (Fsp3) is 0.474. The second-order valence-corrected chi connectivity index (χ2v) is 8.35. The normalized spacial score (nSPS) is 14.7. The van der Waals surface area contributed by atoms with Crippen molar-refractivity contribution in [2.75, 3.05) is 38.3 Å². The van der Waals surface area contributed by atoms with Crippen LogP contribution in [0.15, 0.2) is 35.2 Å². The zero-order chi connectivity index (χ0) is 20.0. The van der Waals surface area contributed by atoms with E-state index < -0.39 is 10.0 Å². The van der Waals surface area contributed by atoms with E-state index in [-0.39, 0.29) is 18.0 Å². The van der Waals surface area contributed by atoms with Crippen LogP contribution in [-0.2, 0) is 10.0 Å². The quantitative estimate of drug-likeness (QED) is 0.671. The maximum absolute atomic E-state index is 12.4. The molecule has 28 heavy (non-hydrogen) atoms. The molecule has 2 aromatic rings. The summed E-state index contributed by atoms with van der Waals surface area (Å²) in [5, 5.41) is 0. The molecule has 0 bridgehead atoms. The minimum atomic E-state index is -3.63. The number of piperidine rings is 1. The molecular weight excluding hydrogens is 380 g/mol. The van der Waals surface area contributed by atoms with Gasteiger partial charge in [-0.05, 0) is 38.3 Å². The van der Waals surface area contributed by atoms with Gasteiger partial charge in [0.1, 0.15) is 24.0 Å². The highest BCUT2D eigenvalue weighted by Gasteiger charge is 2.16. The molecule has 1 fully saturated rings. The minimum absolute atomic E-state index is 0.127. The lowest BCUT2D eigenvalue weighted by atomic mass is 10.1. The minimum Gasteiger partial charge on any atom is -0.497 e. The highest BCUT2D eigenvalue weighted by atomic mass is 32.2. The van der Waals surface area contributed by atoms with Crippen LogP contribution < -0.4 is 19.1 Å². The van der Waals surface area contributed by atoms with Crippen LogP contribution in [0.5, 0.6) is 11.6 Å². The molecule has 0 aliphatic carbocycles. The van der Waals surface area contributed by atoms with E-state index in [0.29, 0.717) is 17.5 Å². The van der Waals surface area contributed by atoms with E-state index in [0.717, 1.165) is 31.7 Å². The molecule has 1 aliphatic rings. The molecule has 0 atom stereocenters. The Balaban J connectivity index is 1.56. The Morgan fingerprint density at radius 3 is 2.68 bits per heavy atom. The second-order valence-electron chi connectivity index (χ2n) is 6.58. The molecule has 3 rings (SSSR count). The van der Waals surface area contributed by atoms with Crippen molar-refractivity contribution in [1.82, 2.24) is 14.7 Å². The monoisotopic (exact) mass is 406 g/mol. The average Bonchev–Trinajstić information content (AvgIpc) is 2.71. The fourth-order valence-electron chi connectivity index (χ4n) is 3.07. The highest BCUT2D eigenvalue weighted by molar-refractivity contribution is 7.89. The number of nitrogens with one attached hydrogen (secondary N) is 1. The Hall–Kier alpha value is -2.39. The van der Waals surface area contributed by atoms with Gasteiger partial charge >= 0.3 is 0 Å². The van der Waals surface area contributed by atoms with Crippen LogP contribution in [-0.4, -0.2) is 51.7 Å². The molecule has 1 aromatic heterocycles. The number of nitrogens with zero attached hydrogens (tertiary/aromatic N) is 3. The van der Waals surface area contributed by atoms with E-state index in [1.807, 2.05) is 13.0 Å². The number of rotatable bonds is 8. The summed E-state index contributed by atoms with van der Waals surface area (Å²) in [4.78, 5) is 11.2. The van der Waals surface area contributed by atoms with Crippen molar-refractivity contribution in [3.8, 4) is 11.6 Å². The topological polar surface area (TPSA) is 93.7 Å². The number of sulfonamides is 1. The molecule has 0 unspecified atom stereocenters. The van der Waals surface area contributed by atoms with Crippen molar-refractivity contribution in [3.63, 3.8) is 0 Å². The zero-order valence-corrected chi connectivity index (χ0v) is 17.0. The van der Waals surface area contributed by atoms with E-state index in [9.17, 15) is 8.42 Å². The number of aryl methyl sites for hydroxylation is 1. The summed E-state index contributed by atoms with van der Waals surface area (Å²) in [6.07, 6.45) is 3.56. The molecule has 1 aromatic carbocycles. The molecule has 8 nitrogen and oxygen atoms in total. The van der Waals surface area contributed by atoms with Gasteiger partial charge in [-0.3, -0.25) is 0 Å². The first kappa shape index (κ1) is 20.3. The van der Waals surface area contributed by atoms with Crippen molar-refractivity contribution in [3.05, 3.63) is 36.2 Å². The standard InChI is InChI=1S/C19H26N4O4S/c1-15-21-18(23-10-4-3-5-11-23)14-19(22-15)27-12-9-20-28(24,25)17-8-6-7-16(13-17)26-2/h6-8,13-14,20H,3-5,9-12H2,1-2H3. The first-order valence-corrected chi connectivity index (χ1v) is 10.8. The van der Waals surface area contributed by atoms with Crippen LogP contribution in [0, 0.1) is 6.92 Å². The summed E-state index contributed by atoms with van der Waals surface area (Å²) in [5.41, 5.74) is 0. The predicted octanol–water partition coefficient (Wildman–Crippen LogP) is 2.14. The molecule has 9 heteroatoms. The molecule has 1 N–H and O–H groups in total. The Morgan fingerprint density at radius 2 is 1.93 bits per heavy atom. The van der Waals surface area contributed by atoms with Gasteiger partial charge in [0.25, 0.3) is 0 Å². The number of anilines is 1. The lowest BCUT2D eigenvalue weighted by Gasteiger charge is -2.28. The summed E-state index contributed by atoms with van der Waals surface area (Å²) in [7, 11) is -2.14. The van der Waals surface area contributed by atoms with Gasteiger partial charge in [0, 0.05) is 31.8 Å². The second kappa shape index (κ2) is 9.20. The Bertz CT molecular complexity index is 899. The van der Waals surface area contributed by atoms with Gasteiger partial charge in [-0.2, -0.15) is 4.98 Å². The molecule has 1 aliphatic heterocycles. The molecule has 0 amide bonds. The van der Waals surface area contributed by atoms with Gasteiger partial charge in [-0.15, -0.1) is 0 Å². The van der Waals surface area contributed by atoms with Crippen molar-refractivity contribution < 1.29 is 17.9 Å². The van der Waals surface area contributed by atoms with Gasteiger partial charge in [-0.25, -0.2) is 18.1 Å². The third kappa shape index (κ3) is 5.32. The lowest BCUT2D eigenvalue weighted by Crippen LogP contribution is -2.30. The third-order valence-electron chi connectivity index (χ3n) is 4.48. The van der Waals surface area contributed by atoms with Gasteiger partial charge in [-0.1, -0.05) is 6.07 Å². The smallest absolute Gasteiger partial charge is 0.240 e. The highest BCUT2D eigenvalue weighted by Crippen LogP contribution is 2.21. The molecule has 0 spiro atoms. The molecule has 1 saturated heterocycles. The summed E-state index contributed by atoms with van der Waals surface area (Å²) in [6.45, 7) is 4.08. The Morgan fingerprint density at radius 1 is 1.14 bits per heavy atom. The van der Waals surface area contributed by atoms with Crippen LogP contribution in [0.4, 0.5) is 5.82 Å². The maximum atomic E-state index is 12.4. The third-order valence-corrected chi connectivity index (χ3v) is 5.94. The zero-order valence-electron chi connectivity index (χ0n) is 16.2. The van der Waals surface area contributed by atoms with Crippen molar-refractivity contribution in [2.24, 2.45) is 0 Å². The number of hydrogen-bond donors (Lipinski definition) is 1.